The minimum absolute atomic E-state index is 0. The standard InChI is InChI=1S/C14H22N6S.HI/c1-15-13(17-10-12-6-5-7-21-12)16-8-11-9-18-14(19(2)3)20(11)4;/h5-7,9H,8,10H2,1-4H3,(H2,15,16,17);1H. The molecule has 2 N–H and O–H groups in total. The van der Waals surface area contributed by atoms with Crippen molar-refractivity contribution in [1.82, 2.24) is 20.2 Å². The second-order valence-corrected chi connectivity index (χ2v) is 5.89. The summed E-state index contributed by atoms with van der Waals surface area (Å²) < 4.78 is 2.07. The molecule has 0 bridgehead atoms. The van der Waals surface area contributed by atoms with Crippen LogP contribution in [-0.4, -0.2) is 36.7 Å². The topological polar surface area (TPSA) is 57.5 Å². The van der Waals surface area contributed by atoms with Crippen molar-refractivity contribution < 1.29 is 0 Å². The number of hydrogen-bond donors (Lipinski definition) is 2. The van der Waals surface area contributed by atoms with E-state index < -0.39 is 0 Å². The van der Waals surface area contributed by atoms with Gasteiger partial charge in [0.05, 0.1) is 25.0 Å². The lowest BCUT2D eigenvalue weighted by Crippen LogP contribution is -2.36. The minimum Gasteiger partial charge on any atom is -0.352 e. The Labute approximate surface area is 152 Å². The van der Waals surface area contributed by atoms with Crippen molar-refractivity contribution in [2.45, 2.75) is 13.1 Å². The summed E-state index contributed by atoms with van der Waals surface area (Å²) in [6.45, 7) is 1.47. The second-order valence-electron chi connectivity index (χ2n) is 4.86. The van der Waals surface area contributed by atoms with Crippen LogP contribution in [0.1, 0.15) is 10.6 Å². The number of thiophene rings is 1. The highest BCUT2D eigenvalue weighted by Gasteiger charge is 2.08. The number of hydrogen-bond acceptors (Lipinski definition) is 4. The van der Waals surface area contributed by atoms with Gasteiger partial charge in [0.15, 0.2) is 5.96 Å². The Kier molecular flexibility index (Phi) is 7.66. The van der Waals surface area contributed by atoms with Gasteiger partial charge in [-0.3, -0.25) is 4.99 Å². The van der Waals surface area contributed by atoms with E-state index in [-0.39, 0.29) is 24.0 Å². The van der Waals surface area contributed by atoms with Crippen LogP contribution in [0.15, 0.2) is 28.7 Å². The lowest BCUT2D eigenvalue weighted by Gasteiger charge is -2.14. The summed E-state index contributed by atoms with van der Waals surface area (Å²) in [5, 5.41) is 8.68. The molecule has 0 amide bonds. The number of guanidine groups is 1. The molecule has 0 aromatic carbocycles. The van der Waals surface area contributed by atoms with Crippen LogP contribution >= 0.6 is 35.3 Å². The van der Waals surface area contributed by atoms with Gasteiger partial charge in [0.2, 0.25) is 5.95 Å². The first kappa shape index (κ1) is 18.8. The van der Waals surface area contributed by atoms with Crippen molar-refractivity contribution in [3.8, 4) is 0 Å². The summed E-state index contributed by atoms with van der Waals surface area (Å²) in [5.74, 6) is 1.73. The molecule has 22 heavy (non-hydrogen) atoms. The molecule has 0 saturated heterocycles. The SMILES string of the molecule is CN=C(NCc1cccs1)NCc1cnc(N(C)C)n1C.I. The molecule has 0 atom stereocenters. The fourth-order valence-corrected chi connectivity index (χ4v) is 2.64. The van der Waals surface area contributed by atoms with E-state index in [1.165, 1.54) is 4.88 Å². The van der Waals surface area contributed by atoms with Crippen LogP contribution < -0.4 is 15.5 Å². The third-order valence-electron chi connectivity index (χ3n) is 3.13. The predicted octanol–water partition coefficient (Wildman–Crippen LogP) is 2.03. The van der Waals surface area contributed by atoms with E-state index in [0.29, 0.717) is 6.54 Å². The van der Waals surface area contributed by atoms with Gasteiger partial charge in [-0.1, -0.05) is 6.07 Å². The van der Waals surface area contributed by atoms with Gasteiger partial charge < -0.3 is 20.1 Å². The van der Waals surface area contributed by atoms with Crippen LogP contribution in [0.25, 0.3) is 0 Å². The summed E-state index contributed by atoms with van der Waals surface area (Å²) in [5.41, 5.74) is 1.11. The van der Waals surface area contributed by atoms with Gasteiger partial charge in [0.1, 0.15) is 0 Å². The fourth-order valence-electron chi connectivity index (χ4n) is 1.99. The second kappa shape index (κ2) is 8.99. The number of rotatable bonds is 5. The van der Waals surface area contributed by atoms with Crippen molar-refractivity contribution in [2.24, 2.45) is 12.0 Å². The van der Waals surface area contributed by atoms with Gasteiger partial charge in [0, 0.05) is 33.1 Å². The summed E-state index contributed by atoms with van der Waals surface area (Å²) >= 11 is 1.73. The Morgan fingerprint density at radius 1 is 1.36 bits per heavy atom. The fraction of sp³-hybridized carbons (Fsp3) is 0.429. The van der Waals surface area contributed by atoms with Crippen molar-refractivity contribution in [2.75, 3.05) is 26.0 Å². The molecule has 6 nitrogen and oxygen atoms in total. The first-order valence-electron chi connectivity index (χ1n) is 6.76. The predicted molar refractivity (Wildman–Crippen MR) is 104 cm³/mol. The van der Waals surface area contributed by atoms with E-state index in [2.05, 4.69) is 42.7 Å². The van der Waals surface area contributed by atoms with Gasteiger partial charge in [-0.05, 0) is 11.4 Å². The molecule has 0 fully saturated rings. The Hall–Kier alpha value is -1.29. The zero-order chi connectivity index (χ0) is 15.2. The highest BCUT2D eigenvalue weighted by molar-refractivity contribution is 14.0. The van der Waals surface area contributed by atoms with Crippen LogP contribution in [0.4, 0.5) is 5.95 Å². The third kappa shape index (κ3) is 4.87. The lowest BCUT2D eigenvalue weighted by molar-refractivity contribution is 0.745. The molecular weight excluding hydrogens is 411 g/mol. The maximum absolute atomic E-state index is 4.40. The van der Waals surface area contributed by atoms with Crippen LogP contribution in [-0.2, 0) is 20.1 Å². The van der Waals surface area contributed by atoms with Crippen LogP contribution in [0.5, 0.6) is 0 Å². The smallest absolute Gasteiger partial charge is 0.204 e. The summed E-state index contributed by atoms with van der Waals surface area (Å²) in [6, 6.07) is 4.16. The van der Waals surface area contributed by atoms with E-state index in [9.17, 15) is 0 Å². The van der Waals surface area contributed by atoms with E-state index >= 15 is 0 Å². The van der Waals surface area contributed by atoms with Gasteiger partial charge >= 0.3 is 0 Å². The first-order chi connectivity index (χ1) is 10.1. The van der Waals surface area contributed by atoms with E-state index in [1.807, 2.05) is 32.2 Å². The normalized spacial score (nSPS) is 11.0. The number of nitrogens with one attached hydrogen (secondary N) is 2. The highest BCUT2D eigenvalue weighted by Crippen LogP contribution is 2.10. The van der Waals surface area contributed by atoms with Crippen molar-refractivity contribution in [3.05, 3.63) is 34.3 Å². The van der Waals surface area contributed by atoms with Crippen molar-refractivity contribution >= 4 is 47.2 Å². The average Bonchev–Trinajstić information content (AvgIpc) is 3.09. The van der Waals surface area contributed by atoms with Gasteiger partial charge in [-0.2, -0.15) is 0 Å². The Balaban J connectivity index is 0.00000242. The molecular formula is C14H23IN6S. The van der Waals surface area contributed by atoms with E-state index in [4.69, 9.17) is 0 Å². The number of halogens is 1. The molecule has 0 saturated carbocycles. The van der Waals surface area contributed by atoms with Crippen molar-refractivity contribution in [3.63, 3.8) is 0 Å². The lowest BCUT2D eigenvalue weighted by atomic mass is 10.4. The van der Waals surface area contributed by atoms with Crippen LogP contribution in [0.3, 0.4) is 0 Å². The summed E-state index contributed by atoms with van der Waals surface area (Å²) in [7, 11) is 7.77. The molecule has 0 aliphatic carbocycles. The highest BCUT2D eigenvalue weighted by atomic mass is 127. The van der Waals surface area contributed by atoms with Crippen molar-refractivity contribution in [1.29, 1.82) is 0 Å². The number of anilines is 1. The van der Waals surface area contributed by atoms with Gasteiger partial charge in [-0.25, -0.2) is 4.98 Å². The maximum Gasteiger partial charge on any atom is 0.204 e. The molecule has 0 radical (unpaired) electrons. The molecule has 0 aliphatic heterocycles. The molecule has 8 heteroatoms. The summed E-state index contributed by atoms with van der Waals surface area (Å²) in [6.07, 6.45) is 1.88. The molecule has 2 aromatic rings. The molecule has 2 aromatic heterocycles. The monoisotopic (exact) mass is 434 g/mol. The maximum atomic E-state index is 4.40. The minimum atomic E-state index is 0. The number of nitrogens with zero attached hydrogens (tertiary/aromatic N) is 4. The number of imidazole rings is 1. The van der Waals surface area contributed by atoms with Crippen LogP contribution in [0, 0.1) is 0 Å². The quantitative estimate of drug-likeness (QED) is 0.430. The van der Waals surface area contributed by atoms with E-state index in [0.717, 1.165) is 24.1 Å². The average molecular weight is 434 g/mol. The first-order valence-corrected chi connectivity index (χ1v) is 7.64. The Morgan fingerprint density at radius 3 is 2.64 bits per heavy atom. The number of aromatic nitrogens is 2. The molecule has 0 unspecified atom stereocenters. The zero-order valence-electron chi connectivity index (χ0n) is 13.3. The number of aliphatic imine (C=N–C) groups is 1. The summed E-state index contributed by atoms with van der Waals surface area (Å²) in [4.78, 5) is 11.9. The molecule has 122 valence electrons. The molecule has 2 rings (SSSR count). The molecule has 0 aliphatic rings. The Bertz CT molecular complexity index is 591. The van der Waals surface area contributed by atoms with E-state index in [1.54, 1.807) is 18.4 Å². The molecule has 0 spiro atoms. The van der Waals surface area contributed by atoms with Crippen LogP contribution in [0.2, 0.25) is 0 Å². The van der Waals surface area contributed by atoms with Gasteiger partial charge in [-0.15, -0.1) is 35.3 Å². The van der Waals surface area contributed by atoms with Gasteiger partial charge in [0.25, 0.3) is 0 Å². The third-order valence-corrected chi connectivity index (χ3v) is 4.01. The largest absolute Gasteiger partial charge is 0.352 e. The zero-order valence-corrected chi connectivity index (χ0v) is 16.5. The molecule has 2 heterocycles. The Morgan fingerprint density at radius 2 is 2.09 bits per heavy atom.